The number of benzene rings is 2. The fraction of sp³-hybridized carbons (Fsp3) is 0.423. The van der Waals surface area contributed by atoms with Crippen molar-refractivity contribution in [2.75, 3.05) is 19.6 Å². The van der Waals surface area contributed by atoms with Crippen molar-refractivity contribution in [3.05, 3.63) is 70.7 Å². The lowest BCUT2D eigenvalue weighted by Gasteiger charge is -2.45. The molecule has 0 unspecified atom stereocenters. The van der Waals surface area contributed by atoms with Gasteiger partial charge in [-0.3, -0.25) is 15.0 Å². The Morgan fingerprint density at radius 2 is 1.86 bits per heavy atom. The molecule has 2 amide bonds. The number of nitrogens with two attached hydrogens (primary N) is 2. The molecule has 2 aromatic rings. The summed E-state index contributed by atoms with van der Waals surface area (Å²) in [6, 6.07) is 15.8. The Morgan fingerprint density at radius 1 is 1.17 bits per heavy atom. The van der Waals surface area contributed by atoms with E-state index in [9.17, 15) is 9.59 Å². The van der Waals surface area contributed by atoms with Crippen LogP contribution in [0.15, 0.2) is 54.6 Å². The van der Waals surface area contributed by atoms with Crippen molar-refractivity contribution in [2.45, 2.75) is 50.7 Å². The van der Waals surface area contributed by atoms with E-state index in [-0.39, 0.29) is 23.8 Å². The topological polar surface area (TPSA) is 129 Å². The first-order chi connectivity index (χ1) is 16.8. The van der Waals surface area contributed by atoms with Crippen molar-refractivity contribution >= 4 is 29.4 Å². The van der Waals surface area contributed by atoms with E-state index in [0.717, 1.165) is 12.0 Å². The number of rotatable bonds is 10. The molecule has 1 heterocycles. The number of nitrogens with one attached hydrogen (secondary N) is 2. The minimum absolute atomic E-state index is 0.0606. The zero-order valence-corrected chi connectivity index (χ0v) is 20.9. The number of carbonyl (C=O) groups excluding carboxylic acids is 2. The number of piperazine rings is 1. The number of guanidine groups is 1. The number of hydrogen-bond acceptors (Lipinski definition) is 4. The fourth-order valence-corrected chi connectivity index (χ4v) is 4.62. The molecule has 1 saturated heterocycles. The molecule has 188 valence electrons. The van der Waals surface area contributed by atoms with Crippen LogP contribution >= 0.6 is 11.6 Å². The second-order valence-corrected chi connectivity index (χ2v) is 9.48. The Bertz CT molecular complexity index is 1000. The van der Waals surface area contributed by atoms with Crippen LogP contribution in [0.25, 0.3) is 0 Å². The van der Waals surface area contributed by atoms with Crippen molar-refractivity contribution in [3.63, 3.8) is 0 Å². The number of amides is 2. The third-order valence-corrected chi connectivity index (χ3v) is 6.61. The molecule has 1 aliphatic rings. The zero-order valence-electron chi connectivity index (χ0n) is 20.1. The molecule has 0 saturated carbocycles. The van der Waals surface area contributed by atoms with E-state index in [0.29, 0.717) is 43.9 Å². The van der Waals surface area contributed by atoms with E-state index >= 15 is 0 Å². The third kappa shape index (κ3) is 7.44. The number of carbonyl (C=O) groups is 2. The molecule has 0 aromatic heterocycles. The molecule has 6 N–H and O–H groups in total. The van der Waals surface area contributed by atoms with E-state index < -0.39 is 12.1 Å². The summed E-state index contributed by atoms with van der Waals surface area (Å²) in [6.45, 7) is 3.45. The summed E-state index contributed by atoms with van der Waals surface area (Å²) in [5.41, 5.74) is 13.8. The van der Waals surface area contributed by atoms with E-state index in [1.165, 1.54) is 5.56 Å². The summed E-state index contributed by atoms with van der Waals surface area (Å²) in [5.74, 6) is -0.405. The highest BCUT2D eigenvalue weighted by atomic mass is 35.5. The first-order valence-electron chi connectivity index (χ1n) is 12.0. The second kappa shape index (κ2) is 12.6. The van der Waals surface area contributed by atoms with Gasteiger partial charge in [0.2, 0.25) is 11.8 Å². The smallest absolute Gasteiger partial charge is 0.245 e. The standard InChI is InChI=1S/C26H35ClN6O2/c1-18-17-33(24(34)22(28)16-20-9-11-21(27)12-10-20)23(8-5-14-31-26(29)30)25(35)32(18)15-13-19-6-3-2-4-7-19/h2-4,6-7,9-12,18,22-23H,5,8,13-17,28H2,1H3,(H4,29,30,31)/t18-,22-,23+/m1/s1. The normalized spacial score (nSPS) is 18.9. The van der Waals surface area contributed by atoms with Gasteiger partial charge in [0, 0.05) is 30.7 Å². The van der Waals surface area contributed by atoms with Crippen LogP contribution in [0, 0.1) is 5.41 Å². The summed E-state index contributed by atoms with van der Waals surface area (Å²) >= 11 is 5.97. The van der Waals surface area contributed by atoms with Crippen molar-refractivity contribution in [2.24, 2.45) is 11.5 Å². The number of hydrogen-bond donors (Lipinski definition) is 4. The van der Waals surface area contributed by atoms with E-state index in [4.69, 9.17) is 28.5 Å². The van der Waals surface area contributed by atoms with Crippen LogP contribution in [0.4, 0.5) is 0 Å². The van der Waals surface area contributed by atoms with Gasteiger partial charge in [-0.05, 0) is 55.9 Å². The third-order valence-electron chi connectivity index (χ3n) is 6.36. The van der Waals surface area contributed by atoms with Crippen LogP contribution in [0.2, 0.25) is 5.02 Å². The molecule has 9 heteroatoms. The minimum atomic E-state index is -0.759. The summed E-state index contributed by atoms with van der Waals surface area (Å²) in [7, 11) is 0. The van der Waals surface area contributed by atoms with Crippen LogP contribution in [-0.4, -0.2) is 65.3 Å². The van der Waals surface area contributed by atoms with Gasteiger partial charge in [-0.1, -0.05) is 54.1 Å². The largest absolute Gasteiger partial charge is 0.370 e. The molecule has 3 atom stereocenters. The van der Waals surface area contributed by atoms with Crippen molar-refractivity contribution < 1.29 is 9.59 Å². The van der Waals surface area contributed by atoms with Crippen LogP contribution in [0.3, 0.4) is 0 Å². The molecular weight excluding hydrogens is 464 g/mol. The van der Waals surface area contributed by atoms with E-state index in [2.05, 4.69) is 17.4 Å². The zero-order chi connectivity index (χ0) is 25.4. The average molecular weight is 499 g/mol. The highest BCUT2D eigenvalue weighted by molar-refractivity contribution is 6.30. The lowest BCUT2D eigenvalue weighted by molar-refractivity contribution is -0.155. The van der Waals surface area contributed by atoms with E-state index in [1.54, 1.807) is 17.0 Å². The quantitative estimate of drug-likeness (QED) is 0.226. The molecule has 1 aliphatic heterocycles. The second-order valence-electron chi connectivity index (χ2n) is 9.04. The van der Waals surface area contributed by atoms with Crippen molar-refractivity contribution in [3.8, 4) is 0 Å². The summed E-state index contributed by atoms with van der Waals surface area (Å²) < 4.78 is 0. The SMILES string of the molecule is C[C@@H]1CN(C(=O)[C@H](N)Cc2ccc(Cl)cc2)[C@@H](CCCNC(=N)N)C(=O)N1CCc1ccccc1. The van der Waals surface area contributed by atoms with Gasteiger partial charge in [0.05, 0.1) is 6.04 Å². The van der Waals surface area contributed by atoms with Gasteiger partial charge in [0.15, 0.2) is 5.96 Å². The fourth-order valence-electron chi connectivity index (χ4n) is 4.49. The van der Waals surface area contributed by atoms with Crippen molar-refractivity contribution in [1.82, 2.24) is 15.1 Å². The van der Waals surface area contributed by atoms with Crippen molar-refractivity contribution in [1.29, 1.82) is 5.41 Å². The Morgan fingerprint density at radius 3 is 2.51 bits per heavy atom. The summed E-state index contributed by atoms with van der Waals surface area (Å²) in [6.07, 6.45) is 2.17. The predicted molar refractivity (Wildman–Crippen MR) is 139 cm³/mol. The van der Waals surface area contributed by atoms with Crippen LogP contribution < -0.4 is 16.8 Å². The monoisotopic (exact) mass is 498 g/mol. The molecule has 1 fully saturated rings. The predicted octanol–water partition coefficient (Wildman–Crippen LogP) is 2.14. The number of nitrogens with zero attached hydrogens (tertiary/aromatic N) is 2. The highest BCUT2D eigenvalue weighted by Crippen LogP contribution is 2.22. The van der Waals surface area contributed by atoms with Gasteiger partial charge in [-0.2, -0.15) is 0 Å². The number of halogens is 1. The molecule has 2 aromatic carbocycles. The highest BCUT2D eigenvalue weighted by Gasteiger charge is 2.41. The summed E-state index contributed by atoms with van der Waals surface area (Å²) in [5, 5.41) is 10.7. The maximum Gasteiger partial charge on any atom is 0.245 e. The Labute approximate surface area is 212 Å². The van der Waals surface area contributed by atoms with Gasteiger partial charge in [-0.25, -0.2) is 0 Å². The molecular formula is C26H35ClN6O2. The molecule has 35 heavy (non-hydrogen) atoms. The van der Waals surface area contributed by atoms with Crippen LogP contribution in [0.5, 0.6) is 0 Å². The maximum atomic E-state index is 13.6. The molecule has 0 spiro atoms. The molecule has 0 radical (unpaired) electrons. The average Bonchev–Trinajstić information content (AvgIpc) is 2.84. The Hall–Kier alpha value is -3.10. The van der Waals surface area contributed by atoms with Crippen LogP contribution in [0.1, 0.15) is 30.9 Å². The Balaban J connectivity index is 1.72. The van der Waals surface area contributed by atoms with Gasteiger partial charge in [0.1, 0.15) is 6.04 Å². The lowest BCUT2D eigenvalue weighted by Crippen LogP contribution is -2.64. The van der Waals surface area contributed by atoms with Gasteiger partial charge in [0.25, 0.3) is 0 Å². The van der Waals surface area contributed by atoms with E-state index in [1.807, 2.05) is 42.2 Å². The maximum absolute atomic E-state index is 13.6. The molecule has 8 nitrogen and oxygen atoms in total. The first kappa shape index (κ1) is 26.5. The minimum Gasteiger partial charge on any atom is -0.370 e. The van der Waals surface area contributed by atoms with Gasteiger partial charge in [-0.15, -0.1) is 0 Å². The molecule has 0 aliphatic carbocycles. The van der Waals surface area contributed by atoms with Gasteiger partial charge >= 0.3 is 0 Å². The van der Waals surface area contributed by atoms with Gasteiger partial charge < -0.3 is 26.6 Å². The van der Waals surface area contributed by atoms with Crippen LogP contribution in [-0.2, 0) is 22.4 Å². The Kier molecular flexibility index (Phi) is 9.51. The lowest BCUT2D eigenvalue weighted by atomic mass is 9.98. The first-order valence-corrected chi connectivity index (χ1v) is 12.4. The molecule has 3 rings (SSSR count). The molecule has 0 bridgehead atoms. The summed E-state index contributed by atoms with van der Waals surface area (Å²) in [4.78, 5) is 30.6.